The fourth-order valence-electron chi connectivity index (χ4n) is 1.93. The number of nitrogens with zero attached hydrogens (tertiary/aromatic N) is 4. The quantitative estimate of drug-likeness (QED) is 0.803. The average molecular weight is 344 g/mol. The van der Waals surface area contributed by atoms with Gasteiger partial charge in [-0.3, -0.25) is 4.68 Å². The maximum atomic E-state index is 5.33. The van der Waals surface area contributed by atoms with Gasteiger partial charge in [0.05, 0.1) is 3.57 Å². The molecule has 6 heteroatoms. The van der Waals surface area contributed by atoms with Crippen molar-refractivity contribution in [2.45, 2.75) is 25.7 Å². The molecule has 2 aromatic rings. The number of hydrogen-bond acceptors (Lipinski definition) is 4. The minimum absolute atomic E-state index is 0.373. The molecule has 0 aliphatic heterocycles. The molecule has 0 amide bonds. The molecule has 1 saturated carbocycles. The number of rotatable bonds is 3. The largest absolute Gasteiger partial charge is 0.339 e. The van der Waals surface area contributed by atoms with Crippen LogP contribution < -0.4 is 0 Å². The van der Waals surface area contributed by atoms with Crippen LogP contribution in [0.2, 0.25) is 0 Å². The zero-order valence-electron chi connectivity index (χ0n) is 9.72. The van der Waals surface area contributed by atoms with E-state index in [1.54, 1.807) is 4.68 Å². The van der Waals surface area contributed by atoms with Crippen molar-refractivity contribution >= 4 is 22.6 Å². The minimum Gasteiger partial charge on any atom is -0.339 e. The van der Waals surface area contributed by atoms with Gasteiger partial charge < -0.3 is 4.52 Å². The van der Waals surface area contributed by atoms with Gasteiger partial charge in [0, 0.05) is 19.2 Å². The summed E-state index contributed by atoms with van der Waals surface area (Å²) in [6.45, 7) is 2.15. The Kier molecular flexibility index (Phi) is 2.68. The molecule has 0 aromatic carbocycles. The molecule has 17 heavy (non-hydrogen) atoms. The van der Waals surface area contributed by atoms with Crippen molar-refractivity contribution in [2.24, 2.45) is 13.0 Å². The van der Waals surface area contributed by atoms with Crippen LogP contribution in [0.4, 0.5) is 0 Å². The van der Waals surface area contributed by atoms with Crippen molar-refractivity contribution in [1.29, 1.82) is 0 Å². The predicted octanol–water partition coefficient (Wildman–Crippen LogP) is 2.59. The van der Waals surface area contributed by atoms with E-state index in [0.29, 0.717) is 11.7 Å². The lowest BCUT2D eigenvalue weighted by molar-refractivity contribution is 0.349. The zero-order valence-corrected chi connectivity index (χ0v) is 11.9. The highest BCUT2D eigenvalue weighted by Gasteiger charge is 2.32. The van der Waals surface area contributed by atoms with E-state index >= 15 is 0 Å². The van der Waals surface area contributed by atoms with Gasteiger partial charge in [-0.25, -0.2) is 0 Å². The molecule has 5 nitrogen and oxygen atoms in total. The summed E-state index contributed by atoms with van der Waals surface area (Å²) < 4.78 is 8.13. The molecule has 1 aliphatic rings. The monoisotopic (exact) mass is 344 g/mol. The van der Waals surface area contributed by atoms with E-state index in [1.807, 2.05) is 13.2 Å². The number of halogens is 1. The third kappa shape index (κ3) is 2.10. The first-order chi connectivity index (χ1) is 8.15. The van der Waals surface area contributed by atoms with Crippen molar-refractivity contribution in [3.8, 4) is 11.5 Å². The predicted molar refractivity (Wildman–Crippen MR) is 70.4 cm³/mol. The summed E-state index contributed by atoms with van der Waals surface area (Å²) in [7, 11) is 1.89. The van der Waals surface area contributed by atoms with Crippen LogP contribution in [0.25, 0.3) is 11.5 Å². The van der Waals surface area contributed by atoms with Gasteiger partial charge in [0.1, 0.15) is 5.69 Å². The van der Waals surface area contributed by atoms with Crippen molar-refractivity contribution < 1.29 is 4.52 Å². The smallest absolute Gasteiger partial charge is 0.230 e. The second-order valence-corrected chi connectivity index (χ2v) is 5.74. The Hall–Kier alpha value is -0.920. The first-order valence-corrected chi connectivity index (χ1v) is 6.76. The van der Waals surface area contributed by atoms with Crippen LogP contribution in [0, 0.1) is 9.49 Å². The van der Waals surface area contributed by atoms with E-state index in [0.717, 1.165) is 21.1 Å². The molecule has 2 heterocycles. The lowest BCUT2D eigenvalue weighted by atomic mass is 10.1. The first kappa shape index (κ1) is 11.2. The molecule has 2 aromatic heterocycles. The summed E-state index contributed by atoms with van der Waals surface area (Å²) in [5.74, 6) is 2.44. The van der Waals surface area contributed by atoms with Crippen molar-refractivity contribution in [3.63, 3.8) is 0 Å². The van der Waals surface area contributed by atoms with Gasteiger partial charge in [0.25, 0.3) is 0 Å². The molecular weight excluding hydrogens is 331 g/mol. The zero-order chi connectivity index (χ0) is 12.0. The second kappa shape index (κ2) is 4.08. The summed E-state index contributed by atoms with van der Waals surface area (Å²) in [5, 5.41) is 8.36. The summed E-state index contributed by atoms with van der Waals surface area (Å²) in [4.78, 5) is 4.46. The lowest BCUT2D eigenvalue weighted by Gasteiger charge is -2.00. The molecule has 1 aliphatic carbocycles. The highest BCUT2D eigenvalue weighted by molar-refractivity contribution is 14.1. The van der Waals surface area contributed by atoms with E-state index in [9.17, 15) is 0 Å². The Bertz CT molecular complexity index is 543. The van der Waals surface area contributed by atoms with Gasteiger partial charge in [0.2, 0.25) is 11.7 Å². The van der Waals surface area contributed by atoms with Crippen LogP contribution in [-0.2, 0) is 7.05 Å². The molecule has 0 saturated heterocycles. The Morgan fingerprint density at radius 3 is 2.88 bits per heavy atom. The molecule has 1 unspecified atom stereocenters. The Morgan fingerprint density at radius 2 is 2.29 bits per heavy atom. The van der Waals surface area contributed by atoms with Crippen molar-refractivity contribution in [2.75, 3.05) is 0 Å². The van der Waals surface area contributed by atoms with Crippen LogP contribution >= 0.6 is 22.6 Å². The SMILES string of the molecule is CC(c1nc(-c2nn(C)cc2I)no1)C1CC1. The topological polar surface area (TPSA) is 56.7 Å². The van der Waals surface area contributed by atoms with Crippen LogP contribution in [0.1, 0.15) is 31.6 Å². The number of hydrogen-bond donors (Lipinski definition) is 0. The first-order valence-electron chi connectivity index (χ1n) is 5.68. The van der Waals surface area contributed by atoms with E-state index in [1.165, 1.54) is 12.8 Å². The van der Waals surface area contributed by atoms with Gasteiger partial charge in [-0.05, 0) is 41.4 Å². The normalized spacial score (nSPS) is 17.4. The van der Waals surface area contributed by atoms with Crippen molar-refractivity contribution in [3.05, 3.63) is 15.7 Å². The molecular formula is C11H13IN4O. The highest BCUT2D eigenvalue weighted by Crippen LogP contribution is 2.41. The lowest BCUT2D eigenvalue weighted by Crippen LogP contribution is -1.96. The van der Waals surface area contributed by atoms with Gasteiger partial charge >= 0.3 is 0 Å². The fraction of sp³-hybridized carbons (Fsp3) is 0.545. The van der Waals surface area contributed by atoms with Crippen molar-refractivity contribution in [1.82, 2.24) is 19.9 Å². The summed E-state index contributed by atoms with van der Waals surface area (Å²) in [5.41, 5.74) is 0.797. The van der Waals surface area contributed by atoms with Crippen LogP contribution in [0.5, 0.6) is 0 Å². The molecule has 1 atom stereocenters. The Balaban J connectivity index is 1.91. The van der Waals surface area contributed by atoms with Gasteiger partial charge in [0.15, 0.2) is 0 Å². The van der Waals surface area contributed by atoms with Gasteiger partial charge in [-0.1, -0.05) is 12.1 Å². The molecule has 0 bridgehead atoms. The van der Waals surface area contributed by atoms with Crippen LogP contribution in [0.15, 0.2) is 10.7 Å². The number of aryl methyl sites for hydroxylation is 1. The Morgan fingerprint density at radius 1 is 1.53 bits per heavy atom. The third-order valence-electron chi connectivity index (χ3n) is 3.16. The van der Waals surface area contributed by atoms with E-state index in [2.05, 4.69) is 44.8 Å². The van der Waals surface area contributed by atoms with E-state index in [-0.39, 0.29) is 0 Å². The minimum atomic E-state index is 0.373. The highest BCUT2D eigenvalue weighted by atomic mass is 127. The van der Waals surface area contributed by atoms with Gasteiger partial charge in [-0.2, -0.15) is 10.1 Å². The summed E-state index contributed by atoms with van der Waals surface area (Å²) >= 11 is 2.23. The van der Waals surface area contributed by atoms with Crippen LogP contribution in [0.3, 0.4) is 0 Å². The standard InChI is InChI=1S/C11H13IN4O/c1-6(7-3-4-7)11-13-10(15-17-11)9-8(12)5-16(2)14-9/h5-7H,3-4H2,1-2H3. The van der Waals surface area contributed by atoms with E-state index < -0.39 is 0 Å². The second-order valence-electron chi connectivity index (χ2n) is 4.58. The average Bonchev–Trinajstić information content (AvgIpc) is 2.93. The molecule has 0 radical (unpaired) electrons. The number of aromatic nitrogens is 4. The van der Waals surface area contributed by atoms with Crippen LogP contribution in [-0.4, -0.2) is 19.9 Å². The maximum Gasteiger partial charge on any atom is 0.230 e. The molecule has 90 valence electrons. The Labute approximate surface area is 113 Å². The van der Waals surface area contributed by atoms with Gasteiger partial charge in [-0.15, -0.1) is 0 Å². The summed E-state index contributed by atoms with van der Waals surface area (Å²) in [6.07, 6.45) is 4.50. The van der Waals surface area contributed by atoms with E-state index in [4.69, 9.17) is 4.52 Å². The molecule has 0 N–H and O–H groups in total. The fourth-order valence-corrected chi connectivity index (χ4v) is 2.68. The molecule has 0 spiro atoms. The molecule has 1 fully saturated rings. The summed E-state index contributed by atoms with van der Waals surface area (Å²) in [6, 6.07) is 0. The third-order valence-corrected chi connectivity index (χ3v) is 3.95. The maximum absolute atomic E-state index is 5.33. The molecule has 3 rings (SSSR count).